The standard InChI is InChI=1S/C13H15FO3/c14-11-4-3-10(12(7-11)13(15)16)8-17-6-5-9-1-2-9/h3-4,7,9H,1-2,5-6,8H2,(H,15,16). The summed E-state index contributed by atoms with van der Waals surface area (Å²) in [6.45, 7) is 0.871. The summed E-state index contributed by atoms with van der Waals surface area (Å²) in [6, 6.07) is 3.75. The number of carbonyl (C=O) groups is 1. The van der Waals surface area contributed by atoms with E-state index in [9.17, 15) is 9.18 Å². The Morgan fingerprint density at radius 1 is 1.47 bits per heavy atom. The van der Waals surface area contributed by atoms with E-state index in [1.54, 1.807) is 0 Å². The quantitative estimate of drug-likeness (QED) is 0.775. The van der Waals surface area contributed by atoms with Gasteiger partial charge in [-0.2, -0.15) is 0 Å². The van der Waals surface area contributed by atoms with Gasteiger partial charge in [-0.05, 0) is 30.0 Å². The first kappa shape index (κ1) is 12.0. The van der Waals surface area contributed by atoms with Crippen LogP contribution in [0.5, 0.6) is 0 Å². The number of ether oxygens (including phenoxy) is 1. The van der Waals surface area contributed by atoms with Crippen LogP contribution in [0.15, 0.2) is 18.2 Å². The molecule has 0 bridgehead atoms. The summed E-state index contributed by atoms with van der Waals surface area (Å²) < 4.78 is 18.3. The first-order valence-electron chi connectivity index (χ1n) is 5.76. The van der Waals surface area contributed by atoms with E-state index in [2.05, 4.69) is 0 Å². The summed E-state index contributed by atoms with van der Waals surface area (Å²) in [5.41, 5.74) is 0.506. The number of halogens is 1. The average Bonchev–Trinajstić information content (AvgIpc) is 3.09. The first-order chi connectivity index (χ1) is 8.16. The molecule has 2 rings (SSSR count). The zero-order valence-electron chi connectivity index (χ0n) is 9.49. The SMILES string of the molecule is O=C(O)c1cc(F)ccc1COCCC1CC1. The van der Waals surface area contributed by atoms with E-state index in [1.807, 2.05) is 0 Å². The summed E-state index contributed by atoms with van der Waals surface area (Å²) in [5.74, 6) is -0.864. The number of hydrogen-bond donors (Lipinski definition) is 1. The highest BCUT2D eigenvalue weighted by molar-refractivity contribution is 5.89. The molecule has 1 N–H and O–H groups in total. The largest absolute Gasteiger partial charge is 0.478 e. The van der Waals surface area contributed by atoms with Gasteiger partial charge in [0.05, 0.1) is 12.2 Å². The van der Waals surface area contributed by atoms with Crippen LogP contribution < -0.4 is 0 Å². The molecule has 0 aliphatic heterocycles. The van der Waals surface area contributed by atoms with Crippen LogP contribution in [0, 0.1) is 11.7 Å². The summed E-state index contributed by atoms with van der Waals surface area (Å²) in [7, 11) is 0. The molecule has 0 radical (unpaired) electrons. The Morgan fingerprint density at radius 2 is 2.24 bits per heavy atom. The number of aromatic carboxylic acids is 1. The van der Waals surface area contributed by atoms with Crippen molar-refractivity contribution in [1.82, 2.24) is 0 Å². The van der Waals surface area contributed by atoms with Crippen LogP contribution in [-0.4, -0.2) is 17.7 Å². The summed E-state index contributed by atoms with van der Waals surface area (Å²) in [4.78, 5) is 10.9. The molecule has 4 heteroatoms. The zero-order chi connectivity index (χ0) is 12.3. The highest BCUT2D eigenvalue weighted by Gasteiger charge is 2.20. The summed E-state index contributed by atoms with van der Waals surface area (Å²) in [6.07, 6.45) is 3.59. The Kier molecular flexibility index (Phi) is 3.74. The van der Waals surface area contributed by atoms with Crippen molar-refractivity contribution in [1.29, 1.82) is 0 Å². The Hall–Kier alpha value is -1.42. The number of hydrogen-bond acceptors (Lipinski definition) is 2. The van der Waals surface area contributed by atoms with Crippen molar-refractivity contribution in [3.05, 3.63) is 35.1 Å². The van der Waals surface area contributed by atoms with Gasteiger partial charge in [0.1, 0.15) is 5.82 Å². The minimum absolute atomic E-state index is 0.0172. The summed E-state index contributed by atoms with van der Waals surface area (Å²) >= 11 is 0. The van der Waals surface area contributed by atoms with Crippen molar-refractivity contribution in [3.63, 3.8) is 0 Å². The topological polar surface area (TPSA) is 46.5 Å². The second-order valence-corrected chi connectivity index (χ2v) is 4.39. The number of carboxylic acids is 1. The van der Waals surface area contributed by atoms with Crippen molar-refractivity contribution in [2.45, 2.75) is 25.9 Å². The van der Waals surface area contributed by atoms with E-state index in [-0.39, 0.29) is 12.2 Å². The second kappa shape index (κ2) is 5.27. The minimum atomic E-state index is -1.12. The Morgan fingerprint density at radius 3 is 2.88 bits per heavy atom. The third-order valence-electron chi connectivity index (χ3n) is 2.93. The van der Waals surface area contributed by atoms with Crippen LogP contribution >= 0.6 is 0 Å². The van der Waals surface area contributed by atoms with Gasteiger partial charge in [0, 0.05) is 6.61 Å². The van der Waals surface area contributed by atoms with Gasteiger partial charge in [0.2, 0.25) is 0 Å². The molecule has 1 fully saturated rings. The molecule has 0 spiro atoms. The molecule has 0 heterocycles. The predicted molar refractivity (Wildman–Crippen MR) is 60.4 cm³/mol. The van der Waals surface area contributed by atoms with E-state index in [1.165, 1.54) is 25.0 Å². The molecule has 1 saturated carbocycles. The van der Waals surface area contributed by atoms with Gasteiger partial charge < -0.3 is 9.84 Å². The molecular weight excluding hydrogens is 223 g/mol. The van der Waals surface area contributed by atoms with Crippen molar-refractivity contribution in [3.8, 4) is 0 Å². The number of rotatable bonds is 6. The van der Waals surface area contributed by atoms with Gasteiger partial charge in [-0.15, -0.1) is 0 Å². The lowest BCUT2D eigenvalue weighted by molar-refractivity contribution is 0.0685. The molecule has 1 aromatic carbocycles. The molecule has 0 amide bonds. The fourth-order valence-corrected chi connectivity index (χ4v) is 1.71. The average molecular weight is 238 g/mol. The van der Waals surface area contributed by atoms with Gasteiger partial charge >= 0.3 is 5.97 Å². The number of benzene rings is 1. The van der Waals surface area contributed by atoms with Gasteiger partial charge in [-0.25, -0.2) is 9.18 Å². The van der Waals surface area contributed by atoms with Gasteiger partial charge in [-0.3, -0.25) is 0 Å². The smallest absolute Gasteiger partial charge is 0.336 e. The van der Waals surface area contributed by atoms with Crippen LogP contribution in [0.25, 0.3) is 0 Å². The Bertz CT molecular complexity index is 413. The third kappa shape index (κ3) is 3.53. The Balaban J connectivity index is 1.91. The predicted octanol–water partition coefficient (Wildman–Crippen LogP) is 2.84. The van der Waals surface area contributed by atoms with E-state index < -0.39 is 11.8 Å². The van der Waals surface area contributed by atoms with Crippen molar-refractivity contribution in [2.24, 2.45) is 5.92 Å². The van der Waals surface area contributed by atoms with Crippen LogP contribution in [0.4, 0.5) is 4.39 Å². The fraction of sp³-hybridized carbons (Fsp3) is 0.462. The molecule has 0 saturated heterocycles. The molecule has 0 atom stereocenters. The van der Waals surface area contributed by atoms with Crippen LogP contribution in [-0.2, 0) is 11.3 Å². The molecule has 17 heavy (non-hydrogen) atoms. The molecule has 1 aliphatic rings. The lowest BCUT2D eigenvalue weighted by Gasteiger charge is -2.07. The van der Waals surface area contributed by atoms with Gasteiger partial charge in [0.25, 0.3) is 0 Å². The highest BCUT2D eigenvalue weighted by Crippen LogP contribution is 2.32. The van der Waals surface area contributed by atoms with Crippen molar-refractivity contribution in [2.75, 3.05) is 6.61 Å². The van der Waals surface area contributed by atoms with Crippen molar-refractivity contribution >= 4 is 5.97 Å². The van der Waals surface area contributed by atoms with Crippen LogP contribution in [0.3, 0.4) is 0 Å². The van der Waals surface area contributed by atoms with Gasteiger partial charge in [-0.1, -0.05) is 18.9 Å². The monoisotopic (exact) mass is 238 g/mol. The minimum Gasteiger partial charge on any atom is -0.478 e. The maximum absolute atomic E-state index is 12.9. The van der Waals surface area contributed by atoms with Crippen LogP contribution in [0.1, 0.15) is 35.2 Å². The Labute approximate surface area is 99.2 Å². The maximum Gasteiger partial charge on any atom is 0.336 e. The normalized spacial score (nSPS) is 14.9. The van der Waals surface area contributed by atoms with Crippen molar-refractivity contribution < 1.29 is 19.0 Å². The van der Waals surface area contributed by atoms with E-state index >= 15 is 0 Å². The lowest BCUT2D eigenvalue weighted by Crippen LogP contribution is -2.05. The fourth-order valence-electron chi connectivity index (χ4n) is 1.71. The molecule has 0 unspecified atom stereocenters. The van der Waals surface area contributed by atoms with Gasteiger partial charge in [0.15, 0.2) is 0 Å². The first-order valence-corrected chi connectivity index (χ1v) is 5.76. The molecule has 1 aromatic rings. The van der Waals surface area contributed by atoms with E-state index in [4.69, 9.17) is 9.84 Å². The molecule has 0 aromatic heterocycles. The maximum atomic E-state index is 12.9. The lowest BCUT2D eigenvalue weighted by atomic mass is 10.1. The number of carboxylic acid groups (broad SMARTS) is 1. The molecule has 92 valence electrons. The second-order valence-electron chi connectivity index (χ2n) is 4.39. The molecular formula is C13H15FO3. The van der Waals surface area contributed by atoms with E-state index in [0.29, 0.717) is 12.2 Å². The molecule has 3 nitrogen and oxygen atoms in total. The van der Waals surface area contributed by atoms with Crippen LogP contribution in [0.2, 0.25) is 0 Å². The third-order valence-corrected chi connectivity index (χ3v) is 2.93. The highest BCUT2D eigenvalue weighted by atomic mass is 19.1. The zero-order valence-corrected chi connectivity index (χ0v) is 9.49. The van der Waals surface area contributed by atoms with E-state index in [0.717, 1.165) is 18.4 Å². The summed E-state index contributed by atoms with van der Waals surface area (Å²) in [5, 5.41) is 8.92. The molecule has 1 aliphatic carbocycles.